The Labute approximate surface area is 178 Å². The molecule has 0 radical (unpaired) electrons. The number of rotatable bonds is 6. The van der Waals surface area contributed by atoms with Crippen molar-refractivity contribution in [2.75, 3.05) is 19.0 Å². The highest BCUT2D eigenvalue weighted by atomic mass is 32.2. The first-order valence-corrected chi connectivity index (χ1v) is 11.6. The summed E-state index contributed by atoms with van der Waals surface area (Å²) in [5, 5.41) is 11.9. The molecule has 2 heterocycles. The number of benzene rings is 2. The largest absolute Gasteiger partial charge is 0.497 e. The molecule has 1 aromatic heterocycles. The molecule has 1 fully saturated rings. The van der Waals surface area contributed by atoms with Gasteiger partial charge < -0.3 is 4.74 Å². The van der Waals surface area contributed by atoms with Crippen LogP contribution >= 0.6 is 11.3 Å². The van der Waals surface area contributed by atoms with Crippen molar-refractivity contribution < 1.29 is 17.9 Å². The van der Waals surface area contributed by atoms with Crippen molar-refractivity contribution in [1.82, 2.24) is 14.5 Å². The number of hydrogen-bond acceptors (Lipinski definition) is 7. The van der Waals surface area contributed by atoms with E-state index in [1.54, 1.807) is 12.1 Å². The van der Waals surface area contributed by atoms with E-state index in [0.29, 0.717) is 28.7 Å². The van der Waals surface area contributed by atoms with E-state index in [-0.39, 0.29) is 11.4 Å². The maximum Gasteiger partial charge on any atom is 0.244 e. The van der Waals surface area contributed by atoms with Crippen molar-refractivity contribution in [3.63, 3.8) is 0 Å². The van der Waals surface area contributed by atoms with Crippen molar-refractivity contribution in [3.8, 4) is 16.3 Å². The molecule has 156 valence electrons. The monoisotopic (exact) mass is 444 g/mol. The van der Waals surface area contributed by atoms with Gasteiger partial charge in [0, 0.05) is 12.1 Å². The van der Waals surface area contributed by atoms with Crippen molar-refractivity contribution >= 4 is 32.4 Å². The second-order valence-corrected chi connectivity index (χ2v) is 9.59. The first kappa shape index (κ1) is 20.5. The normalized spacial score (nSPS) is 17.0. The number of ether oxygens (including phenoxy) is 1. The lowest BCUT2D eigenvalue weighted by molar-refractivity contribution is -0.119. The number of methoxy groups -OCH3 is 1. The molecule has 1 aliphatic rings. The summed E-state index contributed by atoms with van der Waals surface area (Å²) in [7, 11) is -2.29. The fraction of sp³-hybridized carbons (Fsp3) is 0.250. The molecule has 1 atom stereocenters. The summed E-state index contributed by atoms with van der Waals surface area (Å²) < 4.78 is 32.5. The van der Waals surface area contributed by atoms with Gasteiger partial charge in [-0.3, -0.25) is 10.1 Å². The summed E-state index contributed by atoms with van der Waals surface area (Å²) in [5.74, 6) is 0.163. The Bertz CT molecular complexity index is 1130. The minimum absolute atomic E-state index is 0.130. The summed E-state index contributed by atoms with van der Waals surface area (Å²) in [6.07, 6.45) is 1.06. The van der Waals surface area contributed by atoms with Gasteiger partial charge in [-0.2, -0.15) is 4.31 Å². The number of anilines is 1. The van der Waals surface area contributed by atoms with Crippen LogP contribution in [-0.4, -0.2) is 48.5 Å². The van der Waals surface area contributed by atoms with E-state index in [9.17, 15) is 13.2 Å². The van der Waals surface area contributed by atoms with Crippen LogP contribution in [0.25, 0.3) is 10.6 Å². The minimum Gasteiger partial charge on any atom is -0.497 e. The number of nitrogens with zero attached hydrogens (tertiary/aromatic N) is 3. The molecule has 1 aliphatic heterocycles. The third kappa shape index (κ3) is 4.07. The van der Waals surface area contributed by atoms with Gasteiger partial charge in [0.25, 0.3) is 0 Å². The van der Waals surface area contributed by atoms with Gasteiger partial charge in [-0.1, -0.05) is 41.7 Å². The van der Waals surface area contributed by atoms with E-state index in [0.717, 1.165) is 5.56 Å². The molecular weight excluding hydrogens is 424 g/mol. The first-order valence-electron chi connectivity index (χ1n) is 9.35. The second-order valence-electron chi connectivity index (χ2n) is 6.72. The zero-order valence-electron chi connectivity index (χ0n) is 16.2. The molecule has 3 aromatic rings. The van der Waals surface area contributed by atoms with Crippen LogP contribution in [0.1, 0.15) is 12.8 Å². The second kappa shape index (κ2) is 8.50. The van der Waals surface area contributed by atoms with E-state index in [1.165, 1.54) is 34.9 Å². The molecule has 0 spiro atoms. The van der Waals surface area contributed by atoms with Gasteiger partial charge in [0.05, 0.1) is 12.0 Å². The van der Waals surface area contributed by atoms with Gasteiger partial charge in [0.15, 0.2) is 0 Å². The maximum atomic E-state index is 13.1. The maximum absolute atomic E-state index is 13.1. The lowest BCUT2D eigenvalue weighted by Gasteiger charge is -2.23. The fourth-order valence-electron chi connectivity index (χ4n) is 3.33. The lowest BCUT2D eigenvalue weighted by atomic mass is 10.2. The molecule has 1 amide bonds. The molecule has 10 heteroatoms. The highest BCUT2D eigenvalue weighted by molar-refractivity contribution is 7.89. The number of carbonyl (C=O) groups excluding carboxylic acids is 1. The molecule has 0 saturated carbocycles. The SMILES string of the molecule is COc1ccc(S(=O)(=O)N2CCC[C@@H]2C(=O)Nc2nnc(-c3ccccc3)s2)cc1. The van der Waals surface area contributed by atoms with Crippen LogP contribution in [0.2, 0.25) is 0 Å². The van der Waals surface area contributed by atoms with Crippen LogP contribution < -0.4 is 10.1 Å². The average Bonchev–Trinajstić information content (AvgIpc) is 3.45. The van der Waals surface area contributed by atoms with Crippen LogP contribution in [0.15, 0.2) is 59.5 Å². The van der Waals surface area contributed by atoms with Crippen molar-refractivity contribution in [2.24, 2.45) is 0 Å². The third-order valence-electron chi connectivity index (χ3n) is 4.85. The number of amides is 1. The molecule has 0 unspecified atom stereocenters. The van der Waals surface area contributed by atoms with Gasteiger partial charge in [-0.05, 0) is 37.1 Å². The average molecular weight is 445 g/mol. The summed E-state index contributed by atoms with van der Waals surface area (Å²) in [5.41, 5.74) is 0.903. The number of aromatic nitrogens is 2. The topological polar surface area (TPSA) is 101 Å². The van der Waals surface area contributed by atoms with Gasteiger partial charge >= 0.3 is 0 Å². The first-order chi connectivity index (χ1) is 14.5. The van der Waals surface area contributed by atoms with E-state index in [4.69, 9.17) is 4.74 Å². The van der Waals surface area contributed by atoms with Crippen LogP contribution in [0.5, 0.6) is 5.75 Å². The van der Waals surface area contributed by atoms with Gasteiger partial charge in [-0.25, -0.2) is 8.42 Å². The molecule has 0 aliphatic carbocycles. The van der Waals surface area contributed by atoms with Crippen LogP contribution in [0, 0.1) is 0 Å². The predicted octanol–water partition coefficient (Wildman–Crippen LogP) is 3.01. The zero-order valence-corrected chi connectivity index (χ0v) is 17.8. The van der Waals surface area contributed by atoms with E-state index in [2.05, 4.69) is 15.5 Å². The van der Waals surface area contributed by atoms with Gasteiger partial charge in [0.2, 0.25) is 21.1 Å². The summed E-state index contributed by atoms with van der Waals surface area (Å²) in [6.45, 7) is 0.290. The highest BCUT2D eigenvalue weighted by Crippen LogP contribution is 2.30. The summed E-state index contributed by atoms with van der Waals surface area (Å²) in [4.78, 5) is 13.0. The summed E-state index contributed by atoms with van der Waals surface area (Å²) >= 11 is 1.25. The zero-order chi connectivity index (χ0) is 21.1. The highest BCUT2D eigenvalue weighted by Gasteiger charge is 2.39. The van der Waals surface area contributed by atoms with E-state index in [1.807, 2.05) is 30.3 Å². The molecule has 30 heavy (non-hydrogen) atoms. The van der Waals surface area contributed by atoms with Crippen molar-refractivity contribution in [1.29, 1.82) is 0 Å². The standard InChI is InChI=1S/C20H20N4O4S2/c1-28-15-9-11-16(12-10-15)30(26,27)24-13-5-8-17(24)18(25)21-20-23-22-19(29-20)14-6-3-2-4-7-14/h2-4,6-7,9-12,17H,5,8,13H2,1H3,(H,21,23,25)/t17-/m1/s1. The van der Waals surface area contributed by atoms with Crippen molar-refractivity contribution in [2.45, 2.75) is 23.8 Å². The van der Waals surface area contributed by atoms with Crippen LogP contribution in [0.3, 0.4) is 0 Å². The number of sulfonamides is 1. The molecule has 1 N–H and O–H groups in total. The van der Waals surface area contributed by atoms with E-state index >= 15 is 0 Å². The summed E-state index contributed by atoms with van der Waals surface area (Å²) in [6, 6.07) is 14.9. The Balaban J connectivity index is 1.50. The molecule has 1 saturated heterocycles. The Morgan fingerprint density at radius 1 is 1.13 bits per heavy atom. The Hall–Kier alpha value is -2.82. The smallest absolute Gasteiger partial charge is 0.244 e. The lowest BCUT2D eigenvalue weighted by Crippen LogP contribution is -2.43. The predicted molar refractivity (Wildman–Crippen MR) is 114 cm³/mol. The molecular formula is C20H20N4O4S2. The molecule has 4 rings (SSSR count). The van der Waals surface area contributed by atoms with E-state index < -0.39 is 22.0 Å². The number of hydrogen-bond donors (Lipinski definition) is 1. The minimum atomic E-state index is -3.80. The Morgan fingerprint density at radius 3 is 2.57 bits per heavy atom. The van der Waals surface area contributed by atoms with Crippen LogP contribution in [0.4, 0.5) is 5.13 Å². The molecule has 2 aromatic carbocycles. The van der Waals surface area contributed by atoms with Gasteiger partial charge in [-0.15, -0.1) is 10.2 Å². The van der Waals surface area contributed by atoms with Crippen LogP contribution in [-0.2, 0) is 14.8 Å². The third-order valence-corrected chi connectivity index (χ3v) is 7.66. The van der Waals surface area contributed by atoms with Crippen molar-refractivity contribution in [3.05, 3.63) is 54.6 Å². The quantitative estimate of drug-likeness (QED) is 0.627. The Kier molecular flexibility index (Phi) is 5.80. The number of nitrogens with one attached hydrogen (secondary N) is 1. The number of carbonyl (C=O) groups is 1. The molecule has 8 nitrogen and oxygen atoms in total. The van der Waals surface area contributed by atoms with Gasteiger partial charge in [0.1, 0.15) is 16.8 Å². The molecule has 0 bridgehead atoms. The fourth-order valence-corrected chi connectivity index (χ4v) is 5.74. The Morgan fingerprint density at radius 2 is 1.87 bits per heavy atom.